The fraction of sp³-hybridized carbons (Fsp3) is 0. The lowest BCUT2D eigenvalue weighted by molar-refractivity contribution is 0.614. The Hall–Kier alpha value is -1.23. The van der Waals surface area contributed by atoms with Crippen LogP contribution in [0.4, 0.5) is 5.82 Å². The summed E-state index contributed by atoms with van der Waals surface area (Å²) >= 11 is 3.21. The quantitative estimate of drug-likeness (QED) is 0.718. The number of furan rings is 1. The first-order valence-corrected chi connectivity index (χ1v) is 4.04. The van der Waals surface area contributed by atoms with E-state index in [0.29, 0.717) is 15.4 Å². The number of pyridine rings is 1. The van der Waals surface area contributed by atoms with Crippen LogP contribution in [0, 0.1) is 0 Å². The number of aromatic amines is 1. The molecule has 2 aromatic rings. The van der Waals surface area contributed by atoms with E-state index in [4.69, 9.17) is 10.2 Å². The molecule has 62 valence electrons. The van der Waals surface area contributed by atoms with Gasteiger partial charge in [0.2, 0.25) is 0 Å². The Labute approximate surface area is 75.5 Å². The maximum Gasteiger partial charge on any atom is 0.260 e. The van der Waals surface area contributed by atoms with Gasteiger partial charge in [0.25, 0.3) is 5.56 Å². The third-order valence-corrected chi connectivity index (χ3v) is 2.38. The molecule has 3 N–H and O–H groups in total. The van der Waals surface area contributed by atoms with Gasteiger partial charge in [0.05, 0.1) is 11.6 Å². The van der Waals surface area contributed by atoms with Gasteiger partial charge in [0.15, 0.2) is 5.58 Å². The Morgan fingerprint density at radius 3 is 3.08 bits per heavy atom. The summed E-state index contributed by atoms with van der Waals surface area (Å²) in [7, 11) is 0. The molecule has 0 spiro atoms. The molecule has 0 atom stereocenters. The second-order valence-corrected chi connectivity index (χ2v) is 3.14. The number of rotatable bonds is 0. The van der Waals surface area contributed by atoms with E-state index in [1.54, 1.807) is 6.07 Å². The van der Waals surface area contributed by atoms with Gasteiger partial charge in [-0.1, -0.05) is 0 Å². The summed E-state index contributed by atoms with van der Waals surface area (Å²) in [6.45, 7) is 0. The van der Waals surface area contributed by atoms with Crippen molar-refractivity contribution in [1.29, 1.82) is 0 Å². The van der Waals surface area contributed by atoms with E-state index >= 15 is 0 Å². The minimum atomic E-state index is -0.237. The van der Waals surface area contributed by atoms with Crippen molar-refractivity contribution in [3.05, 3.63) is 27.2 Å². The van der Waals surface area contributed by atoms with Gasteiger partial charge in [-0.2, -0.15) is 0 Å². The molecule has 2 rings (SSSR count). The number of H-pyrrole nitrogens is 1. The van der Waals surface area contributed by atoms with Crippen molar-refractivity contribution in [2.45, 2.75) is 0 Å². The lowest BCUT2D eigenvalue weighted by Crippen LogP contribution is -2.08. The molecule has 12 heavy (non-hydrogen) atoms. The van der Waals surface area contributed by atoms with Crippen molar-refractivity contribution in [3.8, 4) is 0 Å². The standard InChI is InChI=1S/C7H5BrN2O2/c8-4-5-3(1-2-12-5)7(11)10-6(4)9/h1-2H,(H3,9,10,11). The zero-order chi connectivity index (χ0) is 8.72. The molecule has 0 bridgehead atoms. The number of nitrogens with two attached hydrogens (primary N) is 1. The normalized spacial score (nSPS) is 10.8. The molecule has 4 nitrogen and oxygen atoms in total. The summed E-state index contributed by atoms with van der Waals surface area (Å²) in [6, 6.07) is 1.60. The molecule has 2 aromatic heterocycles. The van der Waals surface area contributed by atoms with Gasteiger partial charge in [0.1, 0.15) is 10.3 Å². The maximum absolute atomic E-state index is 11.2. The molecular formula is C7H5BrN2O2. The van der Waals surface area contributed by atoms with E-state index in [0.717, 1.165) is 0 Å². The van der Waals surface area contributed by atoms with Gasteiger partial charge in [-0.25, -0.2) is 0 Å². The van der Waals surface area contributed by atoms with Crippen LogP contribution in [-0.4, -0.2) is 4.98 Å². The smallest absolute Gasteiger partial charge is 0.260 e. The maximum atomic E-state index is 11.2. The van der Waals surface area contributed by atoms with Gasteiger partial charge in [-0.05, 0) is 22.0 Å². The Bertz CT molecular complexity index is 486. The number of anilines is 1. The number of hydrogen-bond donors (Lipinski definition) is 2. The van der Waals surface area contributed by atoms with Crippen LogP contribution in [0.1, 0.15) is 0 Å². The molecule has 2 heterocycles. The molecule has 0 fully saturated rings. The SMILES string of the molecule is Nc1[nH]c(=O)c2ccoc2c1Br. The zero-order valence-corrected chi connectivity index (χ0v) is 7.51. The monoisotopic (exact) mass is 228 g/mol. The van der Waals surface area contributed by atoms with Crippen molar-refractivity contribution in [2.24, 2.45) is 0 Å². The summed E-state index contributed by atoms with van der Waals surface area (Å²) in [4.78, 5) is 13.7. The van der Waals surface area contributed by atoms with Crippen LogP contribution in [0.5, 0.6) is 0 Å². The summed E-state index contributed by atoms with van der Waals surface area (Å²) in [5.74, 6) is 0.280. The van der Waals surface area contributed by atoms with Crippen LogP contribution in [0.25, 0.3) is 11.0 Å². The van der Waals surface area contributed by atoms with Crippen LogP contribution in [-0.2, 0) is 0 Å². The molecule has 5 heteroatoms. The largest absolute Gasteiger partial charge is 0.463 e. The summed E-state index contributed by atoms with van der Waals surface area (Å²) in [5.41, 5.74) is 5.73. The van der Waals surface area contributed by atoms with E-state index in [9.17, 15) is 4.79 Å². The predicted octanol–water partition coefficient (Wildman–Crippen LogP) is 1.47. The first-order chi connectivity index (χ1) is 5.70. The minimum absolute atomic E-state index is 0.237. The molecule has 0 aliphatic carbocycles. The van der Waals surface area contributed by atoms with Crippen molar-refractivity contribution in [3.63, 3.8) is 0 Å². The van der Waals surface area contributed by atoms with Crippen molar-refractivity contribution < 1.29 is 4.42 Å². The van der Waals surface area contributed by atoms with Gasteiger partial charge in [0, 0.05) is 0 Å². The Morgan fingerprint density at radius 2 is 2.33 bits per heavy atom. The average molecular weight is 229 g/mol. The summed E-state index contributed by atoms with van der Waals surface area (Å²) in [6.07, 6.45) is 1.45. The second-order valence-electron chi connectivity index (χ2n) is 2.35. The number of nitrogen functional groups attached to an aromatic ring is 1. The lowest BCUT2D eigenvalue weighted by Gasteiger charge is -1.96. The highest BCUT2D eigenvalue weighted by molar-refractivity contribution is 9.10. The van der Waals surface area contributed by atoms with Gasteiger partial charge >= 0.3 is 0 Å². The van der Waals surface area contributed by atoms with Crippen molar-refractivity contribution >= 4 is 32.7 Å². The number of fused-ring (bicyclic) bond motifs is 1. The van der Waals surface area contributed by atoms with Crippen LogP contribution in [0.3, 0.4) is 0 Å². The number of halogens is 1. The first-order valence-electron chi connectivity index (χ1n) is 3.24. The number of nitrogens with one attached hydrogen (secondary N) is 1. The molecule has 0 saturated heterocycles. The lowest BCUT2D eigenvalue weighted by atomic mass is 10.3. The molecule has 0 amide bonds. The molecule has 0 aliphatic rings. The number of hydrogen-bond acceptors (Lipinski definition) is 3. The van der Waals surface area contributed by atoms with Crippen LogP contribution in [0.2, 0.25) is 0 Å². The Morgan fingerprint density at radius 1 is 1.58 bits per heavy atom. The van der Waals surface area contributed by atoms with Crippen LogP contribution in [0.15, 0.2) is 26.0 Å². The van der Waals surface area contributed by atoms with Gasteiger partial charge in [-0.3, -0.25) is 4.79 Å². The summed E-state index contributed by atoms with van der Waals surface area (Å²) in [5, 5.41) is 0.496. The van der Waals surface area contributed by atoms with E-state index < -0.39 is 0 Å². The van der Waals surface area contributed by atoms with E-state index in [-0.39, 0.29) is 11.4 Å². The second kappa shape index (κ2) is 2.38. The predicted molar refractivity (Wildman–Crippen MR) is 48.9 cm³/mol. The van der Waals surface area contributed by atoms with Crippen molar-refractivity contribution in [2.75, 3.05) is 5.73 Å². The third-order valence-electron chi connectivity index (χ3n) is 1.59. The highest BCUT2D eigenvalue weighted by Gasteiger charge is 2.08. The summed E-state index contributed by atoms with van der Waals surface area (Å²) < 4.78 is 5.65. The zero-order valence-electron chi connectivity index (χ0n) is 5.93. The van der Waals surface area contributed by atoms with Gasteiger partial charge < -0.3 is 15.1 Å². The molecule has 0 saturated carbocycles. The molecule has 0 aromatic carbocycles. The molecule has 0 unspecified atom stereocenters. The number of aromatic nitrogens is 1. The van der Waals surface area contributed by atoms with Gasteiger partial charge in [-0.15, -0.1) is 0 Å². The fourth-order valence-electron chi connectivity index (χ4n) is 1.02. The molecule has 0 radical (unpaired) electrons. The van der Waals surface area contributed by atoms with Crippen molar-refractivity contribution in [1.82, 2.24) is 4.98 Å². The average Bonchev–Trinajstić information content (AvgIpc) is 2.48. The highest BCUT2D eigenvalue weighted by Crippen LogP contribution is 2.25. The highest BCUT2D eigenvalue weighted by atomic mass is 79.9. The fourth-order valence-corrected chi connectivity index (χ4v) is 1.43. The van der Waals surface area contributed by atoms with Crippen LogP contribution < -0.4 is 11.3 Å². The Kier molecular flexibility index (Phi) is 1.47. The Balaban J connectivity index is 3.07. The van der Waals surface area contributed by atoms with Crippen LogP contribution >= 0.6 is 15.9 Å². The van der Waals surface area contributed by atoms with E-state index in [1.807, 2.05) is 0 Å². The van der Waals surface area contributed by atoms with E-state index in [1.165, 1.54) is 6.26 Å². The topological polar surface area (TPSA) is 72.0 Å². The first kappa shape index (κ1) is 7.42. The van der Waals surface area contributed by atoms with E-state index in [2.05, 4.69) is 20.9 Å². The third kappa shape index (κ3) is 0.863. The minimum Gasteiger partial charge on any atom is -0.463 e. The molecule has 0 aliphatic heterocycles. The molecular weight excluding hydrogens is 224 g/mol.